The van der Waals surface area contributed by atoms with E-state index in [0.717, 1.165) is 6.61 Å². The van der Waals surface area contributed by atoms with Crippen molar-refractivity contribution in [3.63, 3.8) is 0 Å². The van der Waals surface area contributed by atoms with Crippen molar-refractivity contribution in [3.05, 3.63) is 0 Å². The van der Waals surface area contributed by atoms with Crippen LogP contribution in [0.3, 0.4) is 0 Å². The molecule has 0 spiro atoms. The van der Waals surface area contributed by atoms with Gasteiger partial charge in [-0.2, -0.15) is 0 Å². The van der Waals surface area contributed by atoms with Crippen molar-refractivity contribution >= 4 is 32.5 Å². The number of ether oxygens (including phenoxy) is 1. The van der Waals surface area contributed by atoms with Gasteiger partial charge in [0.05, 0.1) is 0 Å². The van der Waals surface area contributed by atoms with Crippen molar-refractivity contribution in [2.24, 2.45) is 0 Å². The summed E-state index contributed by atoms with van der Waals surface area (Å²) in [7, 11) is 0. The third kappa shape index (κ3) is 7.04. The van der Waals surface area contributed by atoms with Crippen molar-refractivity contribution in [3.8, 4) is 0 Å². The first kappa shape index (κ1) is 9.04. The molecule has 0 radical (unpaired) electrons. The van der Waals surface area contributed by atoms with Gasteiger partial charge in [0, 0.05) is 0 Å². The molecule has 50 valence electrons. The molecular formula is C5H11ClOTe. The van der Waals surface area contributed by atoms with Crippen LogP contribution in [0.25, 0.3) is 0 Å². The summed E-state index contributed by atoms with van der Waals surface area (Å²) in [5.74, 6) is 0.629. The summed E-state index contributed by atoms with van der Waals surface area (Å²) < 4.78 is 6.40. The number of rotatable bonds is 5. The van der Waals surface area contributed by atoms with Crippen LogP contribution >= 0.6 is 11.6 Å². The van der Waals surface area contributed by atoms with Gasteiger partial charge < -0.3 is 0 Å². The standard InChI is InChI=1S/C5H11ClOTe/c1-8-5-4-7-3-2-6/h2-5H2,1H3. The van der Waals surface area contributed by atoms with Crippen LogP contribution in [0.5, 0.6) is 0 Å². The summed E-state index contributed by atoms with van der Waals surface area (Å²) in [6.45, 7) is 1.64. The fourth-order valence-electron chi connectivity index (χ4n) is 0.299. The number of halogens is 1. The second-order valence-corrected chi connectivity index (χ2v) is 4.49. The van der Waals surface area contributed by atoms with E-state index in [1.807, 2.05) is 0 Å². The molecule has 0 aliphatic heterocycles. The van der Waals surface area contributed by atoms with Gasteiger partial charge in [0.2, 0.25) is 0 Å². The Balaban J connectivity index is 2.53. The van der Waals surface area contributed by atoms with Crippen LogP contribution in [-0.4, -0.2) is 40.0 Å². The normalized spacial score (nSPS) is 9.75. The third-order valence-corrected chi connectivity index (χ3v) is 2.45. The van der Waals surface area contributed by atoms with Gasteiger partial charge in [-0.1, -0.05) is 0 Å². The summed E-state index contributed by atoms with van der Waals surface area (Å²) in [5, 5.41) is 0. The van der Waals surface area contributed by atoms with E-state index < -0.39 is 0 Å². The summed E-state index contributed by atoms with van der Waals surface area (Å²) in [5.41, 5.74) is 0. The minimum atomic E-state index is 0.281. The Labute approximate surface area is 65.8 Å². The third-order valence-electron chi connectivity index (χ3n) is 0.653. The Hall–Kier alpha value is 1.04. The number of hydrogen-bond acceptors (Lipinski definition) is 1. The van der Waals surface area contributed by atoms with Gasteiger partial charge in [-0.25, -0.2) is 0 Å². The van der Waals surface area contributed by atoms with E-state index in [4.69, 9.17) is 16.3 Å². The molecule has 0 fully saturated rings. The topological polar surface area (TPSA) is 9.23 Å². The fraction of sp³-hybridized carbons (Fsp3) is 1.00. The van der Waals surface area contributed by atoms with E-state index in [9.17, 15) is 0 Å². The molecule has 0 saturated heterocycles. The molecule has 0 aromatic heterocycles. The van der Waals surface area contributed by atoms with Gasteiger partial charge >= 0.3 is 65.8 Å². The molecule has 0 aromatic rings. The zero-order valence-electron chi connectivity index (χ0n) is 5.02. The van der Waals surface area contributed by atoms with E-state index in [1.165, 1.54) is 4.47 Å². The Bertz CT molecular complexity index is 37.4. The molecule has 0 aliphatic rings. The molecule has 3 heteroatoms. The predicted octanol–water partition coefficient (Wildman–Crippen LogP) is 1.41. The van der Waals surface area contributed by atoms with Crippen LogP contribution in [0, 0.1) is 0 Å². The number of alkyl halides is 1. The van der Waals surface area contributed by atoms with Crippen LogP contribution in [0.15, 0.2) is 0 Å². The average molecular weight is 250 g/mol. The maximum absolute atomic E-state index is 5.37. The van der Waals surface area contributed by atoms with E-state index in [-0.39, 0.29) is 20.9 Å². The zero-order valence-corrected chi connectivity index (χ0v) is 8.11. The van der Waals surface area contributed by atoms with Crippen molar-refractivity contribution in [1.82, 2.24) is 0 Å². The molecule has 0 rings (SSSR count). The summed E-state index contributed by atoms with van der Waals surface area (Å²) in [6.07, 6.45) is 0. The van der Waals surface area contributed by atoms with Crippen LogP contribution in [0.1, 0.15) is 0 Å². The van der Waals surface area contributed by atoms with Gasteiger partial charge in [0.15, 0.2) is 0 Å². The van der Waals surface area contributed by atoms with Crippen molar-refractivity contribution in [2.45, 2.75) is 9.44 Å². The van der Waals surface area contributed by atoms with Crippen LogP contribution in [-0.2, 0) is 4.74 Å². The van der Waals surface area contributed by atoms with Crippen LogP contribution in [0.2, 0.25) is 9.44 Å². The Morgan fingerprint density at radius 1 is 1.50 bits per heavy atom. The summed E-state index contributed by atoms with van der Waals surface area (Å²) in [4.78, 5) is 2.27. The molecule has 0 bridgehead atoms. The second kappa shape index (κ2) is 8.04. The summed E-state index contributed by atoms with van der Waals surface area (Å²) >= 11 is 5.65. The molecule has 0 aromatic carbocycles. The van der Waals surface area contributed by atoms with Gasteiger partial charge in [-0.3, -0.25) is 0 Å². The molecule has 0 unspecified atom stereocenters. The average Bonchev–Trinajstić information content (AvgIpc) is 1.81. The van der Waals surface area contributed by atoms with Crippen LogP contribution in [0.4, 0.5) is 0 Å². The van der Waals surface area contributed by atoms with Crippen LogP contribution < -0.4 is 0 Å². The van der Waals surface area contributed by atoms with Crippen molar-refractivity contribution in [1.29, 1.82) is 0 Å². The first-order valence-corrected chi connectivity index (χ1v) is 7.05. The second-order valence-electron chi connectivity index (χ2n) is 1.29. The molecule has 0 saturated carbocycles. The SMILES string of the molecule is C[Te]CCOCCCl. The first-order chi connectivity index (χ1) is 3.91. The Morgan fingerprint density at radius 2 is 2.25 bits per heavy atom. The van der Waals surface area contributed by atoms with Gasteiger partial charge in [-0.15, -0.1) is 0 Å². The quantitative estimate of drug-likeness (QED) is 0.407. The maximum atomic E-state index is 5.37. The Morgan fingerprint density at radius 3 is 2.75 bits per heavy atom. The zero-order chi connectivity index (χ0) is 6.24. The fourth-order valence-corrected chi connectivity index (χ4v) is 1.22. The van der Waals surface area contributed by atoms with Gasteiger partial charge in [0.25, 0.3) is 0 Å². The van der Waals surface area contributed by atoms with Gasteiger partial charge in [-0.05, 0) is 0 Å². The molecule has 1 nitrogen and oxygen atoms in total. The molecule has 0 atom stereocenters. The van der Waals surface area contributed by atoms with Crippen molar-refractivity contribution < 1.29 is 4.74 Å². The van der Waals surface area contributed by atoms with E-state index in [1.54, 1.807) is 0 Å². The monoisotopic (exact) mass is 252 g/mol. The van der Waals surface area contributed by atoms with E-state index in [2.05, 4.69) is 4.97 Å². The number of hydrogen-bond donors (Lipinski definition) is 0. The Kier molecular flexibility index (Phi) is 9.08. The summed E-state index contributed by atoms with van der Waals surface area (Å²) in [6, 6.07) is 0. The van der Waals surface area contributed by atoms with E-state index in [0.29, 0.717) is 12.5 Å². The first-order valence-electron chi connectivity index (χ1n) is 2.54. The molecule has 0 amide bonds. The van der Waals surface area contributed by atoms with Gasteiger partial charge in [0.1, 0.15) is 0 Å². The predicted molar refractivity (Wildman–Crippen MR) is 38.0 cm³/mol. The molecule has 0 aliphatic carbocycles. The van der Waals surface area contributed by atoms with E-state index >= 15 is 0 Å². The molecule has 0 N–H and O–H groups in total. The minimum absolute atomic E-state index is 0.281. The van der Waals surface area contributed by atoms with Crippen molar-refractivity contribution in [2.75, 3.05) is 19.1 Å². The molecular weight excluding hydrogens is 239 g/mol. The molecule has 0 heterocycles. The molecule has 8 heavy (non-hydrogen) atoms.